The van der Waals surface area contributed by atoms with E-state index in [2.05, 4.69) is 54.9 Å². The minimum absolute atomic E-state index is 0.709. The third kappa shape index (κ3) is 5.10. The van der Waals surface area contributed by atoms with Gasteiger partial charge in [-0.1, -0.05) is 44.2 Å². The van der Waals surface area contributed by atoms with Gasteiger partial charge in [-0.3, -0.25) is 4.90 Å². The van der Waals surface area contributed by atoms with Gasteiger partial charge < -0.3 is 5.32 Å². The molecule has 1 saturated carbocycles. The monoisotopic (exact) mass is 272 g/mol. The molecule has 0 spiro atoms. The van der Waals surface area contributed by atoms with Crippen molar-refractivity contribution in [3.63, 3.8) is 0 Å². The van der Waals surface area contributed by atoms with E-state index in [0.717, 1.165) is 32.2 Å². The molecule has 0 heterocycles. The van der Waals surface area contributed by atoms with Crippen LogP contribution in [-0.2, 0) is 13.1 Å². The normalized spacial score (nSPS) is 15.0. The zero-order chi connectivity index (χ0) is 14.4. The van der Waals surface area contributed by atoms with Gasteiger partial charge in [-0.2, -0.15) is 0 Å². The van der Waals surface area contributed by atoms with Crippen molar-refractivity contribution >= 4 is 0 Å². The predicted octanol–water partition coefficient (Wildman–Crippen LogP) is 3.58. The lowest BCUT2D eigenvalue weighted by atomic mass is 10.1. The SMILES string of the molecule is C=CCN(Cc1ccc(CNCC(C)C)cc1)C1CC1. The second-order valence-corrected chi connectivity index (χ2v) is 6.29. The van der Waals surface area contributed by atoms with Gasteiger partial charge in [-0.25, -0.2) is 0 Å². The van der Waals surface area contributed by atoms with Crippen LogP contribution in [0.1, 0.15) is 37.8 Å². The molecule has 110 valence electrons. The number of benzene rings is 1. The van der Waals surface area contributed by atoms with Gasteiger partial charge >= 0.3 is 0 Å². The Bertz CT molecular complexity index is 404. The number of hydrogen-bond acceptors (Lipinski definition) is 2. The molecule has 2 nitrogen and oxygen atoms in total. The van der Waals surface area contributed by atoms with Crippen LogP contribution < -0.4 is 5.32 Å². The molecule has 1 aromatic carbocycles. The van der Waals surface area contributed by atoms with Gasteiger partial charge in [0.25, 0.3) is 0 Å². The van der Waals surface area contributed by atoms with Crippen molar-refractivity contribution in [1.82, 2.24) is 10.2 Å². The van der Waals surface area contributed by atoms with E-state index in [4.69, 9.17) is 0 Å². The van der Waals surface area contributed by atoms with Crippen molar-refractivity contribution in [3.8, 4) is 0 Å². The van der Waals surface area contributed by atoms with Crippen molar-refractivity contribution in [3.05, 3.63) is 48.0 Å². The van der Waals surface area contributed by atoms with Gasteiger partial charge in [-0.05, 0) is 36.4 Å². The topological polar surface area (TPSA) is 15.3 Å². The van der Waals surface area contributed by atoms with E-state index >= 15 is 0 Å². The summed E-state index contributed by atoms with van der Waals surface area (Å²) in [6, 6.07) is 9.83. The van der Waals surface area contributed by atoms with E-state index < -0.39 is 0 Å². The van der Waals surface area contributed by atoms with Gasteiger partial charge in [0.2, 0.25) is 0 Å². The molecule has 0 aromatic heterocycles. The van der Waals surface area contributed by atoms with E-state index in [1.165, 1.54) is 24.0 Å². The maximum Gasteiger partial charge on any atom is 0.0239 e. The number of nitrogens with zero attached hydrogens (tertiary/aromatic N) is 1. The zero-order valence-electron chi connectivity index (χ0n) is 12.9. The summed E-state index contributed by atoms with van der Waals surface area (Å²) in [5.41, 5.74) is 2.78. The van der Waals surface area contributed by atoms with Crippen molar-refractivity contribution in [2.75, 3.05) is 13.1 Å². The first kappa shape index (κ1) is 15.3. The highest BCUT2D eigenvalue weighted by Crippen LogP contribution is 2.28. The third-order valence-corrected chi connectivity index (χ3v) is 3.72. The molecule has 1 aliphatic carbocycles. The first-order chi connectivity index (χ1) is 9.69. The average molecular weight is 272 g/mol. The first-order valence-corrected chi connectivity index (χ1v) is 7.82. The van der Waals surface area contributed by atoms with Gasteiger partial charge in [-0.15, -0.1) is 6.58 Å². The Kier molecular flexibility index (Phi) is 5.81. The predicted molar refractivity (Wildman–Crippen MR) is 86.6 cm³/mol. The lowest BCUT2D eigenvalue weighted by molar-refractivity contribution is 0.284. The Morgan fingerprint density at radius 1 is 1.25 bits per heavy atom. The Hall–Kier alpha value is -1.12. The second kappa shape index (κ2) is 7.61. The van der Waals surface area contributed by atoms with Crippen LogP contribution in [0.5, 0.6) is 0 Å². The molecule has 0 amide bonds. The maximum absolute atomic E-state index is 3.86. The number of nitrogens with one attached hydrogen (secondary N) is 1. The van der Waals surface area contributed by atoms with Crippen molar-refractivity contribution < 1.29 is 0 Å². The third-order valence-electron chi connectivity index (χ3n) is 3.72. The van der Waals surface area contributed by atoms with Gasteiger partial charge in [0.15, 0.2) is 0 Å². The van der Waals surface area contributed by atoms with Gasteiger partial charge in [0.05, 0.1) is 0 Å². The van der Waals surface area contributed by atoms with Crippen LogP contribution in [-0.4, -0.2) is 24.0 Å². The van der Waals surface area contributed by atoms with Crippen LogP contribution >= 0.6 is 0 Å². The first-order valence-electron chi connectivity index (χ1n) is 7.82. The van der Waals surface area contributed by atoms with Crippen LogP contribution in [0.25, 0.3) is 0 Å². The highest BCUT2D eigenvalue weighted by atomic mass is 15.2. The molecule has 2 rings (SSSR count). The molecule has 1 aliphatic rings. The van der Waals surface area contributed by atoms with E-state index in [0.29, 0.717) is 5.92 Å². The molecule has 1 N–H and O–H groups in total. The molecular weight excluding hydrogens is 244 g/mol. The fourth-order valence-electron chi connectivity index (χ4n) is 2.45. The molecule has 0 aliphatic heterocycles. The van der Waals surface area contributed by atoms with E-state index in [1.807, 2.05) is 6.08 Å². The average Bonchev–Trinajstić information content (AvgIpc) is 3.24. The van der Waals surface area contributed by atoms with Crippen LogP contribution in [0.3, 0.4) is 0 Å². The van der Waals surface area contributed by atoms with Crippen molar-refractivity contribution in [2.24, 2.45) is 5.92 Å². The van der Waals surface area contributed by atoms with Crippen molar-refractivity contribution in [2.45, 2.75) is 45.8 Å². The van der Waals surface area contributed by atoms with Crippen molar-refractivity contribution in [1.29, 1.82) is 0 Å². The molecular formula is C18H28N2. The number of hydrogen-bond donors (Lipinski definition) is 1. The molecule has 0 atom stereocenters. The van der Waals surface area contributed by atoms with Gasteiger partial charge in [0.1, 0.15) is 0 Å². The number of rotatable bonds is 9. The molecule has 1 aromatic rings. The van der Waals surface area contributed by atoms with Crippen LogP contribution in [0.2, 0.25) is 0 Å². The summed E-state index contributed by atoms with van der Waals surface area (Å²) in [4.78, 5) is 2.53. The maximum atomic E-state index is 3.86. The molecule has 0 unspecified atom stereocenters. The highest BCUT2D eigenvalue weighted by molar-refractivity contribution is 5.22. The van der Waals surface area contributed by atoms with Crippen LogP contribution in [0.4, 0.5) is 0 Å². The minimum Gasteiger partial charge on any atom is -0.312 e. The summed E-state index contributed by atoms with van der Waals surface area (Å²) in [6.07, 6.45) is 4.72. The van der Waals surface area contributed by atoms with Crippen LogP contribution in [0, 0.1) is 5.92 Å². The fraction of sp³-hybridized carbons (Fsp3) is 0.556. The molecule has 0 radical (unpaired) electrons. The minimum atomic E-state index is 0.709. The Morgan fingerprint density at radius 3 is 2.45 bits per heavy atom. The quantitative estimate of drug-likeness (QED) is 0.691. The van der Waals surface area contributed by atoms with E-state index in [-0.39, 0.29) is 0 Å². The summed E-state index contributed by atoms with van der Waals surface area (Å²) in [7, 11) is 0. The van der Waals surface area contributed by atoms with E-state index in [9.17, 15) is 0 Å². The highest BCUT2D eigenvalue weighted by Gasteiger charge is 2.27. The zero-order valence-corrected chi connectivity index (χ0v) is 12.9. The fourth-order valence-corrected chi connectivity index (χ4v) is 2.45. The van der Waals surface area contributed by atoms with Gasteiger partial charge in [0, 0.05) is 25.7 Å². The van der Waals surface area contributed by atoms with Crippen LogP contribution in [0.15, 0.2) is 36.9 Å². The summed E-state index contributed by atoms with van der Waals surface area (Å²) < 4.78 is 0. The smallest absolute Gasteiger partial charge is 0.0239 e. The standard InChI is InChI=1S/C18H28N2/c1-4-11-20(18-9-10-18)14-17-7-5-16(6-8-17)13-19-12-15(2)3/h4-8,15,18-19H,1,9-14H2,2-3H3. The summed E-state index contributed by atoms with van der Waals surface area (Å²) in [5, 5.41) is 3.49. The summed E-state index contributed by atoms with van der Waals surface area (Å²) in [6.45, 7) is 12.4. The second-order valence-electron chi connectivity index (χ2n) is 6.29. The summed E-state index contributed by atoms with van der Waals surface area (Å²) in [5.74, 6) is 0.709. The largest absolute Gasteiger partial charge is 0.312 e. The summed E-state index contributed by atoms with van der Waals surface area (Å²) >= 11 is 0. The Morgan fingerprint density at radius 2 is 1.90 bits per heavy atom. The Balaban J connectivity index is 1.82. The molecule has 0 bridgehead atoms. The Labute approximate surface area is 123 Å². The lowest BCUT2D eigenvalue weighted by Gasteiger charge is -2.20. The molecule has 20 heavy (non-hydrogen) atoms. The van der Waals surface area contributed by atoms with E-state index in [1.54, 1.807) is 0 Å². The molecule has 0 saturated heterocycles. The molecule has 1 fully saturated rings. The lowest BCUT2D eigenvalue weighted by Crippen LogP contribution is -2.25. The molecule has 2 heteroatoms.